The van der Waals surface area contributed by atoms with Crippen molar-refractivity contribution in [1.29, 1.82) is 0 Å². The van der Waals surface area contributed by atoms with E-state index in [2.05, 4.69) is 47.5 Å². The topological polar surface area (TPSA) is 360 Å². The molecule has 0 radical (unpaired) electrons. The third-order valence-corrected chi connectivity index (χ3v) is 19.8. The molecule has 562 valence electrons. The van der Waals surface area contributed by atoms with E-state index in [1.165, 1.54) is 14.5 Å². The van der Waals surface area contributed by atoms with Crippen LogP contribution in [-0.4, -0.2) is 201 Å². The van der Waals surface area contributed by atoms with Crippen LogP contribution in [0.25, 0.3) is 21.5 Å². The van der Waals surface area contributed by atoms with E-state index in [4.69, 9.17) is 14.2 Å². The standard InChI is InChI=1S/C78H100N12O15/c1-46(79-9)68(92)84-66(77(3,4)5)73(97)89-34-31-62-64(89)71(95)81-58(41-49-23-27-51-18-11-13-20-53(51)38-49)61(91)43-55(75(99)100)22-17-33-88-44-56(86-87-88)45-105-63-32-35-90(74(98)67(78(6,7)8)85-69(93)47(2)80-10)65(63)72(96)82-59(42-50-24-28-52-19-12-14-21-54(52)39-50)70(94)83-60(76(101)102)40-48-25-29-57(30-26-48)103-36-15-16-37-104-62/h11-16,18-21,23-30,38-39,44,46-47,55,58-60,62-67,79-80H,17,22,31-37,40-43,45H2,1-10H3,(H,81,95)(H,82,96)(H,83,94)(H,84,92)(H,85,93)(H,99,100)(H,101,102)/t46-,47-,55+,58-,59-,60-,62-,63+,64-,65-,66+,67+/m0/s1. The van der Waals surface area contributed by atoms with Crippen LogP contribution in [0.15, 0.2) is 128 Å². The molecule has 5 aromatic carbocycles. The van der Waals surface area contributed by atoms with Crippen molar-refractivity contribution >= 4 is 80.6 Å². The molecule has 0 spiro atoms. The number of likely N-dealkylation sites (tertiary alicyclic amines) is 2. The lowest BCUT2D eigenvalue weighted by Gasteiger charge is -2.37. The zero-order chi connectivity index (χ0) is 75.9. The highest BCUT2D eigenvalue weighted by Gasteiger charge is 2.50. The first-order valence-corrected chi connectivity index (χ1v) is 35.9. The minimum Gasteiger partial charge on any atom is -0.490 e. The first kappa shape index (κ1) is 79.2. The van der Waals surface area contributed by atoms with Gasteiger partial charge in [0.05, 0.1) is 55.7 Å². The van der Waals surface area contributed by atoms with E-state index >= 15 is 14.4 Å². The number of carboxylic acid groups (broad SMARTS) is 2. The Morgan fingerprint density at radius 3 is 1.60 bits per heavy atom. The quantitative estimate of drug-likeness (QED) is 0.0649. The predicted octanol–water partition coefficient (Wildman–Crippen LogP) is 4.99. The molecule has 9 N–H and O–H groups in total. The number of Topliss-reactive ketones (excluding diaryl/α,β-unsaturated/α-hetero) is 1. The Bertz CT molecular complexity index is 4130. The van der Waals surface area contributed by atoms with Crippen molar-refractivity contribution in [3.8, 4) is 5.75 Å². The van der Waals surface area contributed by atoms with Crippen molar-refractivity contribution in [2.24, 2.45) is 16.7 Å². The van der Waals surface area contributed by atoms with Crippen molar-refractivity contribution in [3.05, 3.63) is 150 Å². The number of ether oxygens (including phenoxy) is 3. The summed E-state index contributed by atoms with van der Waals surface area (Å²) in [6.45, 7) is 14.0. The maximum atomic E-state index is 15.4. The smallest absolute Gasteiger partial charge is 0.326 e. The van der Waals surface area contributed by atoms with E-state index in [0.29, 0.717) is 28.1 Å². The SMILES string of the molecule is CN[C@@H](C)C(=O)N[C@H](C(=O)N1CC[C@@H]2OCC=CCOc3ccc(cc3)C[C@@H](C(=O)O)NC(=O)[C@H](Cc3ccc4ccccc4c3)NC(=O)[C@@H]3[C@@H](CCN3C(=O)[C@@H](NC(=O)[C@H](C)NC)C(C)(C)C)OCc3cn(nn3)CCC[C@@H](C(=O)O)CC(=O)[C@H](Cc3ccc4ccccc4c3)NC(=O)[C@H]21)C(C)(C)C. The molecule has 0 aliphatic carbocycles. The molecule has 4 bridgehead atoms. The number of aliphatic carboxylic acids is 2. The fraction of sp³-hybridized carbons (Fsp3) is 0.487. The minimum atomic E-state index is -1.50. The van der Waals surface area contributed by atoms with Crippen LogP contribution in [0.5, 0.6) is 5.75 Å². The lowest BCUT2D eigenvalue weighted by Crippen LogP contribution is -2.62. The molecule has 10 rings (SSSR count). The molecule has 0 unspecified atom stereocenters. The van der Waals surface area contributed by atoms with Crippen molar-refractivity contribution < 1.29 is 72.4 Å². The number of carbonyl (C=O) groups is 10. The second kappa shape index (κ2) is 35.7. The molecule has 4 aliphatic rings. The largest absolute Gasteiger partial charge is 0.490 e. The summed E-state index contributed by atoms with van der Waals surface area (Å²) in [6, 6.07) is 22.5. The molecule has 1 aromatic heterocycles. The van der Waals surface area contributed by atoms with Crippen LogP contribution < -0.4 is 42.0 Å². The summed E-state index contributed by atoms with van der Waals surface area (Å²) in [4.78, 5) is 147. The molecular weight excluding hydrogens is 1340 g/mol. The number of hydrogen-bond donors (Lipinski definition) is 9. The summed E-state index contributed by atoms with van der Waals surface area (Å²) in [5.41, 5.74) is 0.395. The lowest BCUT2D eigenvalue weighted by atomic mass is 9.85. The Labute approximate surface area is 611 Å². The molecule has 4 aliphatic heterocycles. The van der Waals surface area contributed by atoms with E-state index in [1.807, 2.05) is 84.9 Å². The molecule has 0 saturated carbocycles. The highest BCUT2D eigenvalue weighted by atomic mass is 16.5. The van der Waals surface area contributed by atoms with Gasteiger partial charge in [-0.15, -0.1) is 5.10 Å². The second-order valence-electron chi connectivity index (χ2n) is 29.6. The number of likely N-dealkylation sites (N-methyl/N-ethyl adjacent to an activating group) is 2. The number of carbonyl (C=O) groups excluding carboxylic acids is 8. The summed E-state index contributed by atoms with van der Waals surface area (Å²) in [5.74, 6) is -8.37. The number of amides is 7. The molecular formula is C78H100N12O15. The van der Waals surface area contributed by atoms with Crippen molar-refractivity contribution in [2.45, 2.75) is 186 Å². The number of ketones is 1. The van der Waals surface area contributed by atoms with Crippen molar-refractivity contribution in [2.75, 3.05) is 40.4 Å². The fourth-order valence-electron chi connectivity index (χ4n) is 13.4. The van der Waals surface area contributed by atoms with E-state index in [0.717, 1.165) is 21.5 Å². The summed E-state index contributed by atoms with van der Waals surface area (Å²) >= 11 is 0. The van der Waals surface area contributed by atoms with Gasteiger partial charge in [0.25, 0.3) is 0 Å². The number of carboxylic acids is 2. The predicted molar refractivity (Wildman–Crippen MR) is 392 cm³/mol. The number of hydrogen-bond acceptors (Lipinski definition) is 17. The van der Waals surface area contributed by atoms with Gasteiger partial charge in [-0.3, -0.25) is 47.8 Å². The fourth-order valence-corrected chi connectivity index (χ4v) is 13.4. The Balaban J connectivity index is 1.04. The monoisotopic (exact) mass is 1440 g/mol. The number of nitrogens with zero attached hydrogens (tertiary/aromatic N) is 5. The van der Waals surface area contributed by atoms with Gasteiger partial charge in [-0.05, 0) is 127 Å². The van der Waals surface area contributed by atoms with Crippen molar-refractivity contribution in [3.63, 3.8) is 0 Å². The maximum absolute atomic E-state index is 15.4. The maximum Gasteiger partial charge on any atom is 0.326 e. The van der Waals surface area contributed by atoms with Gasteiger partial charge in [-0.2, -0.15) is 0 Å². The lowest BCUT2D eigenvalue weighted by molar-refractivity contribution is -0.147. The van der Waals surface area contributed by atoms with Crippen LogP contribution >= 0.6 is 0 Å². The highest BCUT2D eigenvalue weighted by Crippen LogP contribution is 2.32. The van der Waals surface area contributed by atoms with Crippen molar-refractivity contribution in [1.82, 2.24) is 62.0 Å². The summed E-state index contributed by atoms with van der Waals surface area (Å²) < 4.78 is 20.5. The van der Waals surface area contributed by atoms with E-state index in [9.17, 15) is 43.8 Å². The average molecular weight is 1450 g/mol. The van der Waals surface area contributed by atoms with E-state index in [1.54, 1.807) is 112 Å². The average Bonchev–Trinajstić information content (AvgIpc) is 1.68. The van der Waals surface area contributed by atoms with E-state index in [-0.39, 0.29) is 84.4 Å². The van der Waals surface area contributed by atoms with Crippen LogP contribution in [0.3, 0.4) is 0 Å². The van der Waals surface area contributed by atoms with Crippen LogP contribution in [0, 0.1) is 16.7 Å². The van der Waals surface area contributed by atoms with E-state index < -0.39 is 149 Å². The Kier molecular flexibility index (Phi) is 26.9. The van der Waals surface area contributed by atoms with Crippen LogP contribution in [-0.2, 0) is 89.8 Å². The van der Waals surface area contributed by atoms with Gasteiger partial charge in [0.15, 0.2) is 5.78 Å². The Morgan fingerprint density at radius 2 is 1.09 bits per heavy atom. The van der Waals surface area contributed by atoms with Crippen LogP contribution in [0.2, 0.25) is 0 Å². The first-order chi connectivity index (χ1) is 50.0. The van der Waals surface area contributed by atoms with Crippen LogP contribution in [0.1, 0.15) is 110 Å². The molecule has 2 saturated heterocycles. The molecule has 12 atom stereocenters. The first-order valence-electron chi connectivity index (χ1n) is 35.9. The van der Waals surface area contributed by atoms with Gasteiger partial charge in [-0.1, -0.05) is 150 Å². The zero-order valence-electron chi connectivity index (χ0n) is 61.4. The van der Waals surface area contributed by atoms with Gasteiger partial charge in [-0.25, -0.2) is 4.79 Å². The molecule has 5 heterocycles. The summed E-state index contributed by atoms with van der Waals surface area (Å²) in [5, 5.41) is 53.8. The molecule has 2 fully saturated rings. The third kappa shape index (κ3) is 20.9. The highest BCUT2D eigenvalue weighted by molar-refractivity contribution is 5.99. The van der Waals surface area contributed by atoms with Gasteiger partial charge < -0.3 is 71.4 Å². The third-order valence-electron chi connectivity index (χ3n) is 19.8. The van der Waals surface area contributed by atoms with Crippen LogP contribution in [0.4, 0.5) is 0 Å². The number of nitrogens with one attached hydrogen (secondary N) is 7. The second-order valence-corrected chi connectivity index (χ2v) is 29.6. The molecule has 105 heavy (non-hydrogen) atoms. The summed E-state index contributed by atoms with van der Waals surface area (Å²) in [7, 11) is 3.23. The van der Waals surface area contributed by atoms with Gasteiger partial charge in [0.1, 0.15) is 54.3 Å². The Hall–Kier alpha value is -9.96. The molecule has 7 amide bonds. The zero-order valence-corrected chi connectivity index (χ0v) is 61.4. The molecule has 27 nitrogen and oxygen atoms in total. The minimum absolute atomic E-state index is 0.00938. The number of rotatable bonds is 14. The molecule has 6 aromatic rings. The Morgan fingerprint density at radius 1 is 0.581 bits per heavy atom. The van der Waals surface area contributed by atoms with Gasteiger partial charge in [0.2, 0.25) is 41.4 Å². The number of benzene rings is 5. The van der Waals surface area contributed by atoms with Gasteiger partial charge >= 0.3 is 11.9 Å². The molecule has 27 heteroatoms. The number of fused-ring (bicyclic) bond motifs is 23. The van der Waals surface area contributed by atoms with Gasteiger partial charge in [0, 0.05) is 38.9 Å². The summed E-state index contributed by atoms with van der Waals surface area (Å²) in [6.07, 6.45) is 2.68. The number of aryl methyl sites for hydroxylation is 1. The normalized spacial score (nSPS) is 22.8. The number of aromatic nitrogens is 3.